The monoisotopic (exact) mass is 415 g/mol. The molecule has 5 nitrogen and oxygen atoms in total. The number of carbonyl (C=O) groups is 1. The van der Waals surface area contributed by atoms with Gasteiger partial charge in [0.25, 0.3) is 5.91 Å². The smallest absolute Gasteiger partial charge is 0.257 e. The lowest BCUT2D eigenvalue weighted by Gasteiger charge is -2.09. The van der Waals surface area contributed by atoms with Crippen molar-refractivity contribution in [2.75, 3.05) is 5.32 Å². The van der Waals surface area contributed by atoms with Crippen LogP contribution in [0.1, 0.15) is 27.0 Å². The molecule has 0 atom stereocenters. The van der Waals surface area contributed by atoms with Crippen LogP contribution in [0, 0.1) is 20.8 Å². The molecule has 0 radical (unpaired) electrons. The van der Waals surface area contributed by atoms with Crippen molar-refractivity contribution in [1.82, 2.24) is 10.3 Å². The molecule has 0 unspecified atom stereocenters. The molecule has 1 aromatic heterocycles. The zero-order valence-electron chi connectivity index (χ0n) is 16.9. The predicted octanol–water partition coefficient (Wildman–Crippen LogP) is 5.55. The molecule has 0 aliphatic heterocycles. The minimum atomic E-state index is -0.254. The van der Waals surface area contributed by atoms with Crippen LogP contribution in [0.3, 0.4) is 0 Å². The molecule has 150 valence electrons. The quantitative estimate of drug-likeness (QED) is 0.430. The van der Waals surface area contributed by atoms with Crippen molar-refractivity contribution in [3.63, 3.8) is 0 Å². The van der Waals surface area contributed by atoms with E-state index in [0.717, 1.165) is 16.8 Å². The number of hydrogen-bond donors (Lipinski definition) is 2. The van der Waals surface area contributed by atoms with Gasteiger partial charge >= 0.3 is 0 Å². The second-order valence-corrected chi connectivity index (χ2v) is 7.69. The molecule has 1 heterocycles. The van der Waals surface area contributed by atoms with Crippen LogP contribution < -0.4 is 10.6 Å². The Balaban J connectivity index is 1.50. The van der Waals surface area contributed by atoms with Crippen LogP contribution in [0.25, 0.3) is 22.6 Å². The lowest BCUT2D eigenvalue weighted by molar-refractivity contribution is 0.0977. The van der Waals surface area contributed by atoms with E-state index in [2.05, 4.69) is 41.6 Å². The minimum Gasteiger partial charge on any atom is -0.436 e. The maximum Gasteiger partial charge on any atom is 0.257 e. The van der Waals surface area contributed by atoms with Gasteiger partial charge in [0.2, 0.25) is 5.89 Å². The number of nitrogens with one attached hydrogen (secondary N) is 2. The average Bonchev–Trinajstić information content (AvgIpc) is 3.13. The normalized spacial score (nSPS) is 10.8. The van der Waals surface area contributed by atoms with Gasteiger partial charge in [0.15, 0.2) is 10.7 Å². The van der Waals surface area contributed by atoms with Gasteiger partial charge in [-0.05, 0) is 86.6 Å². The first-order valence-corrected chi connectivity index (χ1v) is 9.97. The molecule has 0 saturated heterocycles. The van der Waals surface area contributed by atoms with E-state index in [-0.39, 0.29) is 11.0 Å². The van der Waals surface area contributed by atoms with Crippen LogP contribution in [0.5, 0.6) is 0 Å². The zero-order valence-corrected chi connectivity index (χ0v) is 17.8. The Kier molecular flexibility index (Phi) is 5.33. The Morgan fingerprint density at radius 2 is 1.80 bits per heavy atom. The van der Waals surface area contributed by atoms with E-state index in [4.69, 9.17) is 16.6 Å². The predicted molar refractivity (Wildman–Crippen MR) is 124 cm³/mol. The summed E-state index contributed by atoms with van der Waals surface area (Å²) in [7, 11) is 0. The van der Waals surface area contributed by atoms with E-state index in [1.165, 1.54) is 11.1 Å². The maximum atomic E-state index is 12.4. The fraction of sp³-hybridized carbons (Fsp3) is 0.125. The molecular weight excluding hydrogens is 394 g/mol. The van der Waals surface area contributed by atoms with Crippen molar-refractivity contribution in [2.24, 2.45) is 0 Å². The van der Waals surface area contributed by atoms with E-state index in [1.54, 1.807) is 6.07 Å². The fourth-order valence-corrected chi connectivity index (χ4v) is 3.34. The Morgan fingerprint density at radius 1 is 0.967 bits per heavy atom. The number of aryl methyl sites for hydroxylation is 3. The number of amides is 1. The van der Waals surface area contributed by atoms with Crippen molar-refractivity contribution >= 4 is 40.0 Å². The molecule has 4 rings (SSSR count). The molecule has 0 bridgehead atoms. The highest BCUT2D eigenvalue weighted by Gasteiger charge is 2.11. The molecule has 3 aromatic carbocycles. The summed E-state index contributed by atoms with van der Waals surface area (Å²) in [6, 6.07) is 19.0. The molecule has 0 aliphatic rings. The minimum absolute atomic E-state index is 0.221. The molecule has 4 aromatic rings. The zero-order chi connectivity index (χ0) is 21.3. The number of thiocarbonyl (C=S) groups is 1. The molecule has 6 heteroatoms. The first-order chi connectivity index (χ1) is 14.4. The summed E-state index contributed by atoms with van der Waals surface area (Å²) >= 11 is 5.29. The van der Waals surface area contributed by atoms with Crippen molar-refractivity contribution in [3.8, 4) is 11.5 Å². The highest BCUT2D eigenvalue weighted by atomic mass is 32.1. The standard InChI is InChI=1S/C24H21N3O2S/c1-14-5-4-6-17(11-14)22(28)27-24(30)25-19-9-10-21-20(13-19)26-23(29-21)18-8-7-15(2)16(3)12-18/h4-13H,1-3H3,(H2,25,27,28,30). The number of benzene rings is 3. The number of fused-ring (bicyclic) bond motifs is 1. The number of aromatic nitrogens is 1. The van der Waals surface area contributed by atoms with Crippen LogP contribution in [0.4, 0.5) is 5.69 Å². The Hall–Kier alpha value is -3.51. The highest BCUT2D eigenvalue weighted by Crippen LogP contribution is 2.27. The summed E-state index contributed by atoms with van der Waals surface area (Å²) in [5, 5.41) is 5.95. The van der Waals surface area contributed by atoms with Gasteiger partial charge in [-0.15, -0.1) is 0 Å². The maximum absolute atomic E-state index is 12.4. The van der Waals surface area contributed by atoms with Crippen molar-refractivity contribution in [1.29, 1.82) is 0 Å². The SMILES string of the molecule is Cc1cccc(C(=O)NC(=S)Nc2ccc3oc(-c4ccc(C)c(C)c4)nc3c2)c1. The summed E-state index contributed by atoms with van der Waals surface area (Å²) in [6.45, 7) is 6.08. The first-order valence-electron chi connectivity index (χ1n) is 9.56. The summed E-state index contributed by atoms with van der Waals surface area (Å²) < 4.78 is 5.90. The number of carbonyl (C=O) groups excluding carboxylic acids is 1. The van der Waals surface area contributed by atoms with Crippen LogP contribution in [-0.2, 0) is 0 Å². The van der Waals surface area contributed by atoms with E-state index in [1.807, 2.05) is 49.4 Å². The summed E-state index contributed by atoms with van der Waals surface area (Å²) in [5.74, 6) is 0.316. The van der Waals surface area contributed by atoms with Gasteiger partial charge in [-0.1, -0.05) is 23.8 Å². The van der Waals surface area contributed by atoms with Crippen molar-refractivity contribution in [2.45, 2.75) is 20.8 Å². The van der Waals surface area contributed by atoms with Crippen LogP contribution in [-0.4, -0.2) is 16.0 Å². The van der Waals surface area contributed by atoms with Crippen molar-refractivity contribution in [3.05, 3.63) is 82.9 Å². The number of rotatable bonds is 3. The third kappa shape index (κ3) is 4.23. The largest absolute Gasteiger partial charge is 0.436 e. The number of anilines is 1. The summed E-state index contributed by atoms with van der Waals surface area (Å²) in [5.41, 5.74) is 7.03. The molecule has 0 spiro atoms. The Labute approximate surface area is 180 Å². The van der Waals surface area contributed by atoms with E-state index in [9.17, 15) is 4.79 Å². The second-order valence-electron chi connectivity index (χ2n) is 7.28. The van der Waals surface area contributed by atoms with Gasteiger partial charge in [-0.2, -0.15) is 0 Å². The molecule has 30 heavy (non-hydrogen) atoms. The molecule has 0 saturated carbocycles. The van der Waals surface area contributed by atoms with Gasteiger partial charge in [-0.3, -0.25) is 10.1 Å². The van der Waals surface area contributed by atoms with Gasteiger partial charge in [0, 0.05) is 16.8 Å². The summed E-state index contributed by atoms with van der Waals surface area (Å²) in [4.78, 5) is 17.0. The topological polar surface area (TPSA) is 67.2 Å². The highest BCUT2D eigenvalue weighted by molar-refractivity contribution is 7.80. The average molecular weight is 416 g/mol. The molecule has 0 aliphatic carbocycles. The lowest BCUT2D eigenvalue weighted by Crippen LogP contribution is -2.34. The van der Waals surface area contributed by atoms with E-state index < -0.39 is 0 Å². The molecule has 0 fully saturated rings. The van der Waals surface area contributed by atoms with E-state index in [0.29, 0.717) is 22.6 Å². The number of hydrogen-bond acceptors (Lipinski definition) is 4. The van der Waals surface area contributed by atoms with Crippen LogP contribution >= 0.6 is 12.2 Å². The third-order valence-electron chi connectivity index (χ3n) is 4.91. The number of oxazole rings is 1. The van der Waals surface area contributed by atoms with Gasteiger partial charge < -0.3 is 9.73 Å². The Morgan fingerprint density at radius 3 is 2.57 bits per heavy atom. The van der Waals surface area contributed by atoms with Crippen LogP contribution in [0.2, 0.25) is 0 Å². The Bertz CT molecular complexity index is 1280. The van der Waals surface area contributed by atoms with Gasteiger partial charge in [0.1, 0.15) is 5.52 Å². The summed E-state index contributed by atoms with van der Waals surface area (Å²) in [6.07, 6.45) is 0. The van der Waals surface area contributed by atoms with Gasteiger partial charge in [0.05, 0.1) is 0 Å². The third-order valence-corrected chi connectivity index (χ3v) is 5.11. The second kappa shape index (κ2) is 8.08. The van der Waals surface area contributed by atoms with Crippen molar-refractivity contribution < 1.29 is 9.21 Å². The van der Waals surface area contributed by atoms with Crippen LogP contribution in [0.15, 0.2) is 65.1 Å². The number of nitrogens with zero attached hydrogens (tertiary/aromatic N) is 1. The van der Waals surface area contributed by atoms with E-state index >= 15 is 0 Å². The van der Waals surface area contributed by atoms with Gasteiger partial charge in [-0.25, -0.2) is 4.98 Å². The molecular formula is C24H21N3O2S. The fourth-order valence-electron chi connectivity index (χ4n) is 3.13. The first kappa shape index (κ1) is 19.8. The lowest BCUT2D eigenvalue weighted by atomic mass is 10.1. The molecule has 1 amide bonds. The molecule has 2 N–H and O–H groups in total.